The van der Waals surface area contributed by atoms with Crippen LogP contribution in [-0.2, 0) is 19.1 Å². The number of aliphatic carboxylic acids is 1. The van der Waals surface area contributed by atoms with Crippen LogP contribution in [0.2, 0.25) is 0 Å². The Labute approximate surface area is 239 Å². The third-order valence-corrected chi connectivity index (χ3v) is 12.6. The summed E-state index contributed by atoms with van der Waals surface area (Å²) in [5.74, 6) is -0.335. The Balaban J connectivity index is 1.36. The molecule has 0 bridgehead atoms. The van der Waals surface area contributed by atoms with E-state index in [0.717, 1.165) is 64.5 Å². The number of carbonyl (C=O) groups is 3. The van der Waals surface area contributed by atoms with Crippen LogP contribution in [-0.4, -0.2) is 64.9 Å². The third kappa shape index (κ3) is 5.03. The first kappa shape index (κ1) is 29.6. The summed E-state index contributed by atoms with van der Waals surface area (Å²) in [5.41, 5.74) is 11.4. The van der Waals surface area contributed by atoms with Crippen molar-refractivity contribution in [2.24, 2.45) is 46.0 Å². The van der Waals surface area contributed by atoms with Crippen LogP contribution in [0.15, 0.2) is 0 Å². The Hall–Kier alpha value is -1.87. The molecular weight excluding hydrogens is 510 g/mol. The van der Waals surface area contributed by atoms with Crippen LogP contribution >= 0.6 is 0 Å². The van der Waals surface area contributed by atoms with Gasteiger partial charge in [0.05, 0.1) is 5.92 Å². The van der Waals surface area contributed by atoms with Crippen molar-refractivity contribution in [1.29, 1.82) is 0 Å². The molecule has 9 nitrogen and oxygen atoms in total. The number of likely N-dealkylation sites (tertiary alicyclic amines) is 1. The smallest absolute Gasteiger partial charge is 0.405 e. The normalized spacial score (nSPS) is 44.0. The molecule has 0 radical (unpaired) electrons. The molecule has 9 heteroatoms. The van der Waals surface area contributed by atoms with Crippen molar-refractivity contribution in [3.8, 4) is 0 Å². The number of esters is 1. The number of carbonyl (C=O) groups excluding carboxylic acids is 2. The summed E-state index contributed by atoms with van der Waals surface area (Å²) >= 11 is 0. The van der Waals surface area contributed by atoms with Gasteiger partial charge in [0, 0.05) is 25.4 Å². The summed E-state index contributed by atoms with van der Waals surface area (Å²) in [5, 5.41) is 9.98. The summed E-state index contributed by atoms with van der Waals surface area (Å²) in [4.78, 5) is 38.8. The van der Waals surface area contributed by atoms with Crippen LogP contribution in [0.5, 0.6) is 0 Å². The Bertz CT molecular complexity index is 1000. The van der Waals surface area contributed by atoms with Gasteiger partial charge in [0.15, 0.2) is 0 Å². The summed E-state index contributed by atoms with van der Waals surface area (Å²) in [6, 6.07) is 0. The maximum Gasteiger partial charge on any atom is 0.405 e. The third-order valence-electron chi connectivity index (χ3n) is 12.6. The summed E-state index contributed by atoms with van der Waals surface area (Å²) in [6.45, 7) is 8.61. The highest BCUT2D eigenvalue weighted by atomic mass is 16.6. The molecule has 1 amide bonds. The van der Waals surface area contributed by atoms with Gasteiger partial charge in [0.1, 0.15) is 11.7 Å². The first-order valence-electron chi connectivity index (χ1n) is 15.7. The highest BCUT2D eigenvalue weighted by Crippen LogP contribution is 2.69. The number of carboxylic acids is 1. The van der Waals surface area contributed by atoms with Crippen molar-refractivity contribution in [1.82, 2.24) is 4.90 Å². The number of ether oxygens (including phenoxy) is 2. The van der Waals surface area contributed by atoms with Gasteiger partial charge in [0.2, 0.25) is 0 Å². The van der Waals surface area contributed by atoms with E-state index in [1.54, 1.807) is 0 Å². The fourth-order valence-corrected chi connectivity index (χ4v) is 10.5. The van der Waals surface area contributed by atoms with Crippen LogP contribution in [0.1, 0.15) is 104 Å². The van der Waals surface area contributed by atoms with Gasteiger partial charge in [-0.2, -0.15) is 0 Å². The number of nitrogens with zero attached hydrogens (tertiary/aromatic N) is 1. The van der Waals surface area contributed by atoms with Crippen LogP contribution in [0.25, 0.3) is 0 Å². The predicted molar refractivity (Wildman–Crippen MR) is 150 cm³/mol. The van der Waals surface area contributed by atoms with Crippen molar-refractivity contribution in [3.05, 3.63) is 0 Å². The maximum atomic E-state index is 12.2. The van der Waals surface area contributed by atoms with E-state index in [9.17, 15) is 19.5 Å². The monoisotopic (exact) mass is 561 g/mol. The molecule has 9 atom stereocenters. The summed E-state index contributed by atoms with van der Waals surface area (Å²) in [6.07, 6.45) is 10.3. The van der Waals surface area contributed by atoms with Crippen LogP contribution in [0.3, 0.4) is 0 Å². The molecule has 4 saturated carbocycles. The van der Waals surface area contributed by atoms with Crippen LogP contribution in [0, 0.1) is 34.5 Å². The van der Waals surface area contributed by atoms with Crippen molar-refractivity contribution < 1.29 is 29.0 Å². The molecule has 4 aliphatic carbocycles. The number of rotatable bonds is 7. The molecule has 1 aliphatic heterocycles. The second kappa shape index (κ2) is 10.8. The fraction of sp³-hybridized carbons (Fsp3) is 0.903. The molecule has 0 aromatic carbocycles. The van der Waals surface area contributed by atoms with Gasteiger partial charge < -0.3 is 26.0 Å². The van der Waals surface area contributed by atoms with Crippen molar-refractivity contribution in [2.45, 2.75) is 121 Å². The highest BCUT2D eigenvalue weighted by Gasteiger charge is 2.68. The molecule has 5 aliphatic rings. The second-order valence-electron chi connectivity index (χ2n) is 14.5. The average molecular weight is 562 g/mol. The summed E-state index contributed by atoms with van der Waals surface area (Å²) < 4.78 is 11.8. The van der Waals surface area contributed by atoms with E-state index in [2.05, 4.69) is 18.7 Å². The molecule has 1 heterocycles. The van der Waals surface area contributed by atoms with E-state index in [0.29, 0.717) is 50.0 Å². The first-order chi connectivity index (χ1) is 18.8. The van der Waals surface area contributed by atoms with Gasteiger partial charge in [-0.05, 0) is 112 Å². The van der Waals surface area contributed by atoms with Gasteiger partial charge in [-0.15, -0.1) is 0 Å². The number of carboxylic acid groups (broad SMARTS) is 1. The van der Waals surface area contributed by atoms with Gasteiger partial charge >= 0.3 is 18.0 Å². The number of nitrogens with two attached hydrogens (primary N) is 2. The molecule has 0 spiro atoms. The van der Waals surface area contributed by atoms with E-state index >= 15 is 0 Å². The number of hydrogen-bond donors (Lipinski definition) is 3. The highest BCUT2D eigenvalue weighted by molar-refractivity contribution is 5.72. The molecule has 1 saturated heterocycles. The van der Waals surface area contributed by atoms with E-state index in [4.69, 9.17) is 20.9 Å². The van der Waals surface area contributed by atoms with Gasteiger partial charge in [0.25, 0.3) is 0 Å². The topological polar surface area (TPSA) is 145 Å². The molecule has 5 fully saturated rings. The molecule has 5 N–H and O–H groups in total. The van der Waals surface area contributed by atoms with E-state index in [1.165, 1.54) is 13.3 Å². The Kier molecular flexibility index (Phi) is 7.96. The Morgan fingerprint density at radius 2 is 1.70 bits per heavy atom. The molecule has 5 rings (SSSR count). The lowest BCUT2D eigenvalue weighted by Gasteiger charge is -2.65. The minimum absolute atomic E-state index is 0.0340. The number of hydrogen-bond acceptors (Lipinski definition) is 7. The minimum Gasteiger partial charge on any atom is -0.481 e. The Morgan fingerprint density at radius 1 is 0.975 bits per heavy atom. The van der Waals surface area contributed by atoms with Crippen LogP contribution in [0.4, 0.5) is 4.79 Å². The number of primary amides is 1. The SMILES string of the molecule is CC(=O)OC(CN1CCCCC1)CC1(OC(N)=O)CC[C@@]2(C)C(CC[C@@H]3[C@@H]2CC[C@]2(C)C(C(=O)O)CCC32N)C1. The van der Waals surface area contributed by atoms with Gasteiger partial charge in [-0.3, -0.25) is 14.5 Å². The molecule has 0 aromatic heterocycles. The van der Waals surface area contributed by atoms with E-state index in [1.807, 2.05) is 0 Å². The largest absolute Gasteiger partial charge is 0.481 e. The quantitative estimate of drug-likeness (QED) is 0.387. The number of amides is 1. The van der Waals surface area contributed by atoms with E-state index in [-0.39, 0.29) is 28.8 Å². The van der Waals surface area contributed by atoms with Crippen molar-refractivity contribution >= 4 is 18.0 Å². The molecular formula is C31H51N3O6. The van der Waals surface area contributed by atoms with Crippen molar-refractivity contribution in [3.63, 3.8) is 0 Å². The molecule has 226 valence electrons. The summed E-state index contributed by atoms with van der Waals surface area (Å²) in [7, 11) is 0. The number of piperidine rings is 1. The van der Waals surface area contributed by atoms with Crippen molar-refractivity contribution in [2.75, 3.05) is 19.6 Å². The Morgan fingerprint density at radius 3 is 2.35 bits per heavy atom. The second-order valence-corrected chi connectivity index (χ2v) is 14.5. The zero-order valence-corrected chi connectivity index (χ0v) is 24.8. The number of fused-ring (bicyclic) bond motifs is 5. The average Bonchev–Trinajstić information content (AvgIpc) is 3.15. The lowest BCUT2D eigenvalue weighted by Crippen LogP contribution is -2.67. The lowest BCUT2D eigenvalue weighted by molar-refractivity contribution is -0.174. The van der Waals surface area contributed by atoms with Gasteiger partial charge in [-0.1, -0.05) is 20.3 Å². The zero-order valence-electron chi connectivity index (χ0n) is 24.8. The molecule has 5 unspecified atom stereocenters. The molecule has 0 aromatic rings. The first-order valence-corrected chi connectivity index (χ1v) is 15.7. The van der Waals surface area contributed by atoms with E-state index < -0.39 is 23.2 Å². The lowest BCUT2D eigenvalue weighted by atomic mass is 9.42. The predicted octanol–water partition coefficient (Wildman–Crippen LogP) is 4.45. The van der Waals surface area contributed by atoms with Crippen LogP contribution < -0.4 is 11.5 Å². The zero-order chi connectivity index (χ0) is 28.9. The standard InChI is InChI=1S/C31H51N3O6/c1-20(35)39-22(19-34-15-5-4-6-16-34)18-30(40-27(32)38)14-13-28(2)21(17-30)7-8-24-23(28)9-11-29(3)25(26(36)37)10-12-31(24,29)33/h21-25H,4-19,33H2,1-3H3,(H2,32,38)(H,36,37)/t21?,22?,23-,24+,25?,28-,29+,30?,31?/m0/s1. The fourth-order valence-electron chi connectivity index (χ4n) is 10.5. The molecule has 40 heavy (non-hydrogen) atoms. The maximum absolute atomic E-state index is 12.2. The van der Waals surface area contributed by atoms with Gasteiger partial charge in [-0.25, -0.2) is 4.79 Å². The minimum atomic E-state index is -0.767.